The summed E-state index contributed by atoms with van der Waals surface area (Å²) in [5.74, 6) is -1.17. The van der Waals surface area contributed by atoms with Crippen molar-refractivity contribution in [2.45, 2.75) is 18.9 Å². The van der Waals surface area contributed by atoms with Gasteiger partial charge in [-0.05, 0) is 47.4 Å². The Labute approximate surface area is 193 Å². The van der Waals surface area contributed by atoms with Crippen LogP contribution in [0.15, 0.2) is 78.9 Å². The van der Waals surface area contributed by atoms with Crippen LogP contribution in [0, 0.1) is 5.82 Å². The second-order valence-electron chi connectivity index (χ2n) is 8.27. The summed E-state index contributed by atoms with van der Waals surface area (Å²) in [7, 11) is 0. The summed E-state index contributed by atoms with van der Waals surface area (Å²) in [6.45, 7) is 2.39. The van der Waals surface area contributed by atoms with Crippen LogP contribution in [0.1, 0.15) is 34.8 Å². The van der Waals surface area contributed by atoms with Gasteiger partial charge in [0.2, 0.25) is 0 Å². The summed E-state index contributed by atoms with van der Waals surface area (Å²) in [5, 5.41) is 9.15. The van der Waals surface area contributed by atoms with Gasteiger partial charge in [0.05, 0.1) is 0 Å². The molecule has 1 N–H and O–H groups in total. The van der Waals surface area contributed by atoms with E-state index in [9.17, 15) is 14.0 Å². The van der Waals surface area contributed by atoms with E-state index in [2.05, 4.69) is 4.90 Å². The van der Waals surface area contributed by atoms with E-state index in [0.29, 0.717) is 38.2 Å². The molecule has 3 aromatic rings. The smallest absolute Gasteiger partial charge is 0.303 e. The number of hydrogen-bond donors (Lipinski definition) is 1. The molecule has 0 aromatic heterocycles. The third kappa shape index (κ3) is 5.65. The van der Waals surface area contributed by atoms with Crippen molar-refractivity contribution in [3.8, 4) is 11.1 Å². The number of hydrogen-bond acceptors (Lipinski definition) is 3. The number of carboxylic acid groups (broad SMARTS) is 1. The average Bonchev–Trinajstić information content (AvgIpc) is 2.86. The van der Waals surface area contributed by atoms with Crippen LogP contribution in [0.5, 0.6) is 0 Å². The molecule has 1 heterocycles. The first-order valence-electron chi connectivity index (χ1n) is 11.2. The van der Waals surface area contributed by atoms with Crippen LogP contribution in [0.4, 0.5) is 4.39 Å². The Bertz CT molecular complexity index is 1080. The van der Waals surface area contributed by atoms with Gasteiger partial charge in [0.25, 0.3) is 5.91 Å². The Morgan fingerprint density at radius 1 is 0.818 bits per heavy atom. The molecular formula is C27H27FN2O3. The minimum atomic E-state index is -0.852. The highest BCUT2D eigenvalue weighted by molar-refractivity contribution is 5.94. The van der Waals surface area contributed by atoms with Gasteiger partial charge >= 0.3 is 5.97 Å². The molecule has 0 unspecified atom stereocenters. The van der Waals surface area contributed by atoms with Crippen LogP contribution in [0.3, 0.4) is 0 Å². The van der Waals surface area contributed by atoms with Crippen molar-refractivity contribution in [1.82, 2.24) is 9.80 Å². The van der Waals surface area contributed by atoms with Crippen molar-refractivity contribution in [3.63, 3.8) is 0 Å². The van der Waals surface area contributed by atoms with Crippen molar-refractivity contribution >= 4 is 11.9 Å². The van der Waals surface area contributed by atoms with Gasteiger partial charge in [0.15, 0.2) is 0 Å². The van der Waals surface area contributed by atoms with Gasteiger partial charge in [-0.15, -0.1) is 0 Å². The zero-order valence-electron chi connectivity index (χ0n) is 18.4. The van der Waals surface area contributed by atoms with Gasteiger partial charge < -0.3 is 10.0 Å². The largest absolute Gasteiger partial charge is 0.481 e. The molecule has 1 fully saturated rings. The predicted molar refractivity (Wildman–Crippen MR) is 125 cm³/mol. The third-order valence-electron chi connectivity index (χ3n) is 6.17. The number of carboxylic acids is 1. The number of piperazine rings is 1. The fraction of sp³-hybridized carbons (Fsp3) is 0.259. The van der Waals surface area contributed by atoms with Crippen LogP contribution in [0.2, 0.25) is 0 Å². The molecule has 4 rings (SSSR count). The third-order valence-corrected chi connectivity index (χ3v) is 6.17. The summed E-state index contributed by atoms with van der Waals surface area (Å²) in [5.41, 5.74) is 3.73. The lowest BCUT2D eigenvalue weighted by Gasteiger charge is -2.39. The van der Waals surface area contributed by atoms with Crippen molar-refractivity contribution in [2.75, 3.05) is 26.2 Å². The van der Waals surface area contributed by atoms with Crippen LogP contribution < -0.4 is 0 Å². The Balaban J connectivity index is 1.40. The van der Waals surface area contributed by atoms with Gasteiger partial charge in [-0.2, -0.15) is 0 Å². The summed E-state index contributed by atoms with van der Waals surface area (Å²) in [6.07, 6.45) is 0.477. The van der Waals surface area contributed by atoms with Crippen molar-refractivity contribution in [3.05, 3.63) is 95.8 Å². The number of carbonyl (C=O) groups excluding carboxylic acids is 1. The first-order chi connectivity index (χ1) is 16.0. The average molecular weight is 447 g/mol. The standard InChI is InChI=1S/C27H27FN2O3/c28-24-12-10-22(11-13-24)25(14-15-26(31)32)29-16-18-30(19-17-29)27(33)23-8-6-21(7-9-23)20-4-2-1-3-5-20/h1-13,25H,14-19H2,(H,31,32)/t25-/m1/s1. The van der Waals surface area contributed by atoms with Crippen LogP contribution in [-0.4, -0.2) is 53.0 Å². The SMILES string of the molecule is O=C(O)CC[C@H](c1ccc(F)cc1)N1CCN(C(=O)c2ccc(-c3ccccc3)cc2)CC1. The molecule has 170 valence electrons. The minimum absolute atomic E-state index is 0.00173. The highest BCUT2D eigenvalue weighted by Gasteiger charge is 2.28. The summed E-state index contributed by atoms with van der Waals surface area (Å²) in [4.78, 5) is 28.2. The summed E-state index contributed by atoms with van der Waals surface area (Å²) < 4.78 is 13.4. The van der Waals surface area contributed by atoms with Gasteiger partial charge in [0.1, 0.15) is 5.82 Å². The minimum Gasteiger partial charge on any atom is -0.481 e. The van der Waals surface area contributed by atoms with E-state index >= 15 is 0 Å². The van der Waals surface area contributed by atoms with Gasteiger partial charge in [0, 0.05) is 44.2 Å². The maximum Gasteiger partial charge on any atom is 0.303 e. The van der Waals surface area contributed by atoms with E-state index < -0.39 is 5.97 Å². The second kappa shape index (κ2) is 10.4. The summed E-state index contributed by atoms with van der Waals surface area (Å²) >= 11 is 0. The van der Waals surface area contributed by atoms with Gasteiger partial charge in [-0.1, -0.05) is 54.6 Å². The monoisotopic (exact) mass is 446 g/mol. The lowest BCUT2D eigenvalue weighted by atomic mass is 9.99. The van der Waals surface area contributed by atoms with Gasteiger partial charge in [-0.3, -0.25) is 14.5 Å². The molecule has 33 heavy (non-hydrogen) atoms. The molecule has 3 aromatic carbocycles. The molecule has 6 heteroatoms. The molecule has 5 nitrogen and oxygen atoms in total. The maximum absolute atomic E-state index is 13.4. The molecule has 0 saturated carbocycles. The van der Waals surface area contributed by atoms with E-state index in [4.69, 9.17) is 5.11 Å². The number of aliphatic carboxylic acids is 1. The van der Waals surface area contributed by atoms with E-state index in [0.717, 1.165) is 16.7 Å². The highest BCUT2D eigenvalue weighted by atomic mass is 19.1. The van der Waals surface area contributed by atoms with E-state index in [1.807, 2.05) is 59.5 Å². The quantitative estimate of drug-likeness (QED) is 0.563. The number of nitrogens with zero attached hydrogens (tertiary/aromatic N) is 2. The lowest BCUT2D eigenvalue weighted by Crippen LogP contribution is -2.49. The Morgan fingerprint density at radius 3 is 2.03 bits per heavy atom. The zero-order chi connectivity index (χ0) is 23.2. The Kier molecular flexibility index (Phi) is 7.15. The normalized spacial score (nSPS) is 15.2. The molecule has 1 aliphatic heterocycles. The number of amides is 1. The highest BCUT2D eigenvalue weighted by Crippen LogP contribution is 2.28. The number of carbonyl (C=O) groups is 2. The molecule has 1 amide bonds. The fourth-order valence-corrected chi connectivity index (χ4v) is 4.36. The number of halogens is 1. The molecule has 0 radical (unpaired) electrons. The molecule has 1 aliphatic rings. The van der Waals surface area contributed by atoms with E-state index in [-0.39, 0.29) is 24.2 Å². The maximum atomic E-state index is 13.4. The van der Waals surface area contributed by atoms with E-state index in [1.54, 1.807) is 12.1 Å². The van der Waals surface area contributed by atoms with Crippen LogP contribution in [0.25, 0.3) is 11.1 Å². The Morgan fingerprint density at radius 2 is 1.42 bits per heavy atom. The second-order valence-corrected chi connectivity index (χ2v) is 8.27. The first kappa shape index (κ1) is 22.7. The topological polar surface area (TPSA) is 60.9 Å². The predicted octanol–water partition coefficient (Wildman–Crippen LogP) is 4.86. The fourth-order valence-electron chi connectivity index (χ4n) is 4.36. The number of benzene rings is 3. The molecular weight excluding hydrogens is 419 g/mol. The summed E-state index contributed by atoms with van der Waals surface area (Å²) in [6, 6.07) is 23.8. The van der Waals surface area contributed by atoms with Crippen molar-refractivity contribution in [2.24, 2.45) is 0 Å². The van der Waals surface area contributed by atoms with E-state index in [1.165, 1.54) is 12.1 Å². The molecule has 1 saturated heterocycles. The molecule has 1 atom stereocenters. The zero-order valence-corrected chi connectivity index (χ0v) is 18.4. The molecule has 0 spiro atoms. The van der Waals surface area contributed by atoms with Crippen molar-refractivity contribution in [1.29, 1.82) is 0 Å². The van der Waals surface area contributed by atoms with Crippen LogP contribution >= 0.6 is 0 Å². The molecule has 0 bridgehead atoms. The molecule has 0 aliphatic carbocycles. The van der Waals surface area contributed by atoms with Crippen molar-refractivity contribution < 1.29 is 19.1 Å². The first-order valence-corrected chi connectivity index (χ1v) is 11.2. The number of rotatable bonds is 7. The van der Waals surface area contributed by atoms with Gasteiger partial charge in [-0.25, -0.2) is 4.39 Å². The van der Waals surface area contributed by atoms with Crippen LogP contribution in [-0.2, 0) is 4.79 Å². The Hall–Kier alpha value is -3.51. The lowest BCUT2D eigenvalue weighted by molar-refractivity contribution is -0.137.